The molecule has 0 radical (unpaired) electrons. The van der Waals surface area contributed by atoms with Crippen molar-refractivity contribution in [3.05, 3.63) is 53.3 Å². The lowest BCUT2D eigenvalue weighted by atomic mass is 9.60. The molecular weight excluding hydrogens is 604 g/mol. The third-order valence-corrected chi connectivity index (χ3v) is 8.29. The summed E-state index contributed by atoms with van der Waals surface area (Å²) in [5, 5.41) is 20.4. The molecule has 146 valence electrons. The molecule has 1 atom stereocenters. The quantitative estimate of drug-likeness (QED) is 0.360. The molecule has 27 heavy (non-hydrogen) atoms. The van der Waals surface area contributed by atoms with Gasteiger partial charge < -0.3 is 10.2 Å². The van der Waals surface area contributed by atoms with E-state index in [1.165, 1.54) is 17.5 Å². The molecular formula is C21H22Br4O2. The standard InChI is InChI=1S/C21H22Br4O2/c1-11(2)12-4-3-5-21(10-12,13-6-15(22)19(26)16(23)7-13)14-8-17(24)20(27)18(25)9-14/h6-9,11-12,26-27H,3-5,10H2,1-2H3. The molecule has 1 saturated carbocycles. The topological polar surface area (TPSA) is 40.5 Å². The average molecular weight is 626 g/mol. The number of halogens is 4. The van der Waals surface area contributed by atoms with E-state index in [1.807, 2.05) is 24.3 Å². The van der Waals surface area contributed by atoms with Gasteiger partial charge in [0.05, 0.1) is 17.9 Å². The number of rotatable bonds is 3. The van der Waals surface area contributed by atoms with Crippen LogP contribution in [-0.4, -0.2) is 10.2 Å². The minimum absolute atomic E-state index is 0.176. The van der Waals surface area contributed by atoms with Crippen molar-refractivity contribution >= 4 is 63.7 Å². The highest BCUT2D eigenvalue weighted by Gasteiger charge is 2.41. The Kier molecular flexibility index (Phi) is 6.72. The van der Waals surface area contributed by atoms with Crippen LogP contribution in [0.4, 0.5) is 0 Å². The first kappa shape index (κ1) is 21.7. The molecule has 2 aromatic carbocycles. The second kappa shape index (κ2) is 8.37. The van der Waals surface area contributed by atoms with E-state index in [2.05, 4.69) is 77.6 Å². The maximum Gasteiger partial charge on any atom is 0.143 e. The molecule has 0 aliphatic heterocycles. The zero-order valence-corrected chi connectivity index (χ0v) is 21.5. The zero-order valence-electron chi connectivity index (χ0n) is 15.2. The van der Waals surface area contributed by atoms with Gasteiger partial charge in [0.15, 0.2) is 0 Å². The minimum atomic E-state index is -0.176. The second-order valence-electron chi connectivity index (χ2n) is 7.76. The van der Waals surface area contributed by atoms with Crippen molar-refractivity contribution in [3.63, 3.8) is 0 Å². The van der Waals surface area contributed by atoms with E-state index in [9.17, 15) is 10.2 Å². The molecule has 3 rings (SSSR count). The summed E-state index contributed by atoms with van der Waals surface area (Å²) in [6.45, 7) is 4.60. The smallest absolute Gasteiger partial charge is 0.143 e. The lowest BCUT2D eigenvalue weighted by molar-refractivity contribution is 0.207. The third-order valence-electron chi connectivity index (χ3n) is 5.87. The van der Waals surface area contributed by atoms with Crippen molar-refractivity contribution in [3.8, 4) is 11.5 Å². The van der Waals surface area contributed by atoms with E-state index in [0.717, 1.165) is 19.3 Å². The molecule has 0 amide bonds. The van der Waals surface area contributed by atoms with Gasteiger partial charge in [-0.15, -0.1) is 0 Å². The largest absolute Gasteiger partial charge is 0.506 e. The fourth-order valence-electron chi connectivity index (χ4n) is 4.26. The Labute approximate surface area is 194 Å². The first-order valence-corrected chi connectivity index (χ1v) is 12.2. The van der Waals surface area contributed by atoms with Gasteiger partial charge in [0.2, 0.25) is 0 Å². The van der Waals surface area contributed by atoms with E-state index in [-0.39, 0.29) is 16.9 Å². The average Bonchev–Trinajstić information content (AvgIpc) is 2.63. The van der Waals surface area contributed by atoms with Crippen LogP contribution in [-0.2, 0) is 5.41 Å². The Balaban J connectivity index is 2.24. The fraction of sp³-hybridized carbons (Fsp3) is 0.429. The number of phenolic OH excluding ortho intramolecular Hbond substituents is 2. The first-order valence-electron chi connectivity index (χ1n) is 9.02. The summed E-state index contributed by atoms with van der Waals surface area (Å²) in [7, 11) is 0. The van der Waals surface area contributed by atoms with Crippen molar-refractivity contribution in [1.29, 1.82) is 0 Å². The van der Waals surface area contributed by atoms with Crippen LogP contribution in [0.15, 0.2) is 42.2 Å². The van der Waals surface area contributed by atoms with Gasteiger partial charge in [-0.25, -0.2) is 0 Å². The molecule has 2 nitrogen and oxygen atoms in total. The molecule has 0 spiro atoms. The first-order chi connectivity index (χ1) is 12.7. The molecule has 2 N–H and O–H groups in total. The maximum atomic E-state index is 10.2. The maximum absolute atomic E-state index is 10.2. The van der Waals surface area contributed by atoms with E-state index < -0.39 is 0 Å². The monoisotopic (exact) mass is 622 g/mol. The van der Waals surface area contributed by atoms with Gasteiger partial charge in [-0.3, -0.25) is 0 Å². The van der Waals surface area contributed by atoms with Crippen LogP contribution in [0.25, 0.3) is 0 Å². The van der Waals surface area contributed by atoms with Crippen LogP contribution in [0.1, 0.15) is 50.7 Å². The highest BCUT2D eigenvalue weighted by atomic mass is 79.9. The van der Waals surface area contributed by atoms with Crippen molar-refractivity contribution in [2.24, 2.45) is 11.8 Å². The van der Waals surface area contributed by atoms with Gasteiger partial charge in [-0.2, -0.15) is 0 Å². The molecule has 2 aromatic rings. The summed E-state index contributed by atoms with van der Waals surface area (Å²) in [6.07, 6.45) is 4.46. The summed E-state index contributed by atoms with van der Waals surface area (Å²) in [4.78, 5) is 0. The van der Waals surface area contributed by atoms with Gasteiger partial charge in [0.1, 0.15) is 11.5 Å². The number of phenols is 2. The minimum Gasteiger partial charge on any atom is -0.506 e. The summed E-state index contributed by atoms with van der Waals surface area (Å²) < 4.78 is 2.76. The second-order valence-corrected chi connectivity index (χ2v) is 11.2. The predicted molar refractivity (Wildman–Crippen MR) is 125 cm³/mol. The van der Waals surface area contributed by atoms with E-state index >= 15 is 0 Å². The molecule has 0 heterocycles. The Morgan fingerprint density at radius 3 is 1.63 bits per heavy atom. The third kappa shape index (κ3) is 4.15. The van der Waals surface area contributed by atoms with E-state index in [0.29, 0.717) is 29.7 Å². The molecule has 6 heteroatoms. The van der Waals surface area contributed by atoms with Crippen LogP contribution in [0, 0.1) is 11.8 Å². The molecule has 0 saturated heterocycles. The highest BCUT2D eigenvalue weighted by molar-refractivity contribution is 9.11. The SMILES string of the molecule is CC(C)C1CCCC(c2cc(Br)c(O)c(Br)c2)(c2cc(Br)c(O)c(Br)c2)C1. The van der Waals surface area contributed by atoms with Crippen molar-refractivity contribution in [2.45, 2.75) is 44.9 Å². The van der Waals surface area contributed by atoms with Crippen molar-refractivity contribution < 1.29 is 10.2 Å². The predicted octanol–water partition coefficient (Wildman–Crippen LogP) is 8.28. The van der Waals surface area contributed by atoms with Crippen LogP contribution >= 0.6 is 63.7 Å². The molecule has 1 aliphatic carbocycles. The van der Waals surface area contributed by atoms with Gasteiger partial charge in [0, 0.05) is 5.41 Å². The number of aromatic hydroxyl groups is 2. The number of hydrogen-bond acceptors (Lipinski definition) is 2. The Morgan fingerprint density at radius 1 is 0.852 bits per heavy atom. The van der Waals surface area contributed by atoms with Crippen LogP contribution in [0.2, 0.25) is 0 Å². The highest BCUT2D eigenvalue weighted by Crippen LogP contribution is 2.52. The summed E-state index contributed by atoms with van der Waals surface area (Å²) in [5.74, 6) is 1.67. The zero-order chi connectivity index (χ0) is 19.9. The fourth-order valence-corrected chi connectivity index (χ4v) is 6.63. The lowest BCUT2D eigenvalue weighted by Gasteiger charge is -2.44. The van der Waals surface area contributed by atoms with E-state index in [4.69, 9.17) is 0 Å². The summed E-state index contributed by atoms with van der Waals surface area (Å²) in [5.41, 5.74) is 2.17. The Morgan fingerprint density at radius 2 is 1.26 bits per heavy atom. The molecule has 1 fully saturated rings. The molecule has 0 bridgehead atoms. The van der Waals surface area contributed by atoms with Crippen LogP contribution in [0.3, 0.4) is 0 Å². The van der Waals surface area contributed by atoms with Crippen molar-refractivity contribution in [2.75, 3.05) is 0 Å². The normalized spacial score (nSPS) is 19.4. The number of benzene rings is 2. The Bertz CT molecular complexity index is 760. The summed E-state index contributed by atoms with van der Waals surface area (Å²) in [6, 6.07) is 8.16. The van der Waals surface area contributed by atoms with Gasteiger partial charge in [-0.05, 0) is 124 Å². The van der Waals surface area contributed by atoms with Gasteiger partial charge in [-0.1, -0.05) is 26.7 Å². The summed E-state index contributed by atoms with van der Waals surface area (Å²) >= 11 is 14.0. The van der Waals surface area contributed by atoms with Crippen molar-refractivity contribution in [1.82, 2.24) is 0 Å². The number of hydrogen-bond donors (Lipinski definition) is 2. The van der Waals surface area contributed by atoms with Gasteiger partial charge >= 0.3 is 0 Å². The van der Waals surface area contributed by atoms with E-state index in [1.54, 1.807) is 0 Å². The Hall–Kier alpha value is -0.0400. The van der Waals surface area contributed by atoms with Crippen LogP contribution in [0.5, 0.6) is 11.5 Å². The lowest BCUT2D eigenvalue weighted by Crippen LogP contribution is -2.36. The molecule has 0 aromatic heterocycles. The van der Waals surface area contributed by atoms with Gasteiger partial charge in [0.25, 0.3) is 0 Å². The van der Waals surface area contributed by atoms with Crippen LogP contribution < -0.4 is 0 Å². The molecule has 1 aliphatic rings. The molecule has 1 unspecified atom stereocenters.